The van der Waals surface area contributed by atoms with Crippen molar-refractivity contribution in [3.05, 3.63) is 12.1 Å². The van der Waals surface area contributed by atoms with E-state index in [1.807, 2.05) is 0 Å². The van der Waals surface area contributed by atoms with Crippen molar-refractivity contribution in [1.29, 1.82) is 0 Å². The summed E-state index contributed by atoms with van der Waals surface area (Å²) in [5.41, 5.74) is 5.74. The Morgan fingerprint density at radius 1 is 1.18 bits per heavy atom. The fraction of sp³-hybridized carbons (Fsp3) is 0.647. The van der Waals surface area contributed by atoms with Crippen molar-refractivity contribution < 1.29 is 9.53 Å². The molecule has 1 aromatic rings. The van der Waals surface area contributed by atoms with Crippen LogP contribution in [0, 0.1) is 0 Å². The molecule has 2 heterocycles. The number of carbonyl (C=O) groups excluding carboxylic acids is 1. The molecule has 2 N–H and O–H groups in total. The van der Waals surface area contributed by atoms with Crippen LogP contribution in [0.3, 0.4) is 0 Å². The zero-order valence-electron chi connectivity index (χ0n) is 13.7. The molecule has 2 rings (SSSR count). The molecule has 122 valence electrons. The summed E-state index contributed by atoms with van der Waals surface area (Å²) >= 11 is 0. The van der Waals surface area contributed by atoms with E-state index in [4.69, 9.17) is 10.5 Å². The molecule has 22 heavy (non-hydrogen) atoms. The number of amides is 1. The number of nitrogen functional groups attached to an aromatic ring is 1. The second-order valence-corrected chi connectivity index (χ2v) is 5.93. The molecule has 0 fully saturated rings. The normalized spacial score (nSPS) is 17.3. The molecular formula is C17H27N3O2. The van der Waals surface area contributed by atoms with Crippen LogP contribution < -0.4 is 15.4 Å². The van der Waals surface area contributed by atoms with Gasteiger partial charge in [0, 0.05) is 6.54 Å². The predicted molar refractivity (Wildman–Crippen MR) is 89.1 cm³/mol. The fourth-order valence-electron chi connectivity index (χ4n) is 2.74. The minimum atomic E-state index is -0.456. The highest BCUT2D eigenvalue weighted by atomic mass is 16.5. The summed E-state index contributed by atoms with van der Waals surface area (Å²) < 4.78 is 5.59. The maximum atomic E-state index is 12.3. The molecule has 1 aliphatic rings. The number of hydrogen-bond acceptors (Lipinski definition) is 4. The maximum Gasteiger partial charge on any atom is 0.269 e. The van der Waals surface area contributed by atoms with Crippen LogP contribution in [0.25, 0.3) is 0 Å². The number of carbonyl (C=O) groups is 1. The molecule has 0 radical (unpaired) electrons. The highest BCUT2D eigenvalue weighted by Crippen LogP contribution is 2.33. The lowest BCUT2D eigenvalue weighted by molar-refractivity contribution is -0.125. The van der Waals surface area contributed by atoms with Crippen LogP contribution >= 0.6 is 0 Å². The first-order chi connectivity index (χ1) is 10.6. The van der Waals surface area contributed by atoms with E-state index in [0.29, 0.717) is 23.9 Å². The Bertz CT molecular complexity index is 505. The lowest BCUT2D eigenvalue weighted by Gasteiger charge is -2.32. The molecule has 1 amide bonds. The van der Waals surface area contributed by atoms with Gasteiger partial charge in [-0.05, 0) is 25.5 Å². The zero-order valence-corrected chi connectivity index (χ0v) is 13.7. The third kappa shape index (κ3) is 4.12. The first kappa shape index (κ1) is 16.6. The van der Waals surface area contributed by atoms with E-state index in [1.54, 1.807) is 24.0 Å². The Morgan fingerprint density at radius 3 is 2.59 bits per heavy atom. The van der Waals surface area contributed by atoms with Crippen molar-refractivity contribution in [2.45, 2.75) is 64.9 Å². The van der Waals surface area contributed by atoms with E-state index < -0.39 is 6.10 Å². The molecule has 5 nitrogen and oxygen atoms in total. The predicted octanol–water partition coefficient (Wildman–Crippen LogP) is 3.53. The van der Waals surface area contributed by atoms with Crippen molar-refractivity contribution in [3.8, 4) is 5.75 Å². The Labute approximate surface area is 132 Å². The molecule has 1 aromatic heterocycles. The molecule has 0 aliphatic carbocycles. The van der Waals surface area contributed by atoms with Gasteiger partial charge in [-0.25, -0.2) is 4.98 Å². The number of nitrogens with two attached hydrogens (primary N) is 1. The van der Waals surface area contributed by atoms with Crippen molar-refractivity contribution in [2.75, 3.05) is 17.2 Å². The summed E-state index contributed by atoms with van der Waals surface area (Å²) in [5, 5.41) is 0. The Morgan fingerprint density at radius 2 is 1.86 bits per heavy atom. The van der Waals surface area contributed by atoms with Gasteiger partial charge >= 0.3 is 0 Å². The standard InChI is InChI=1S/C17H27N3O2/c1-3-4-5-6-7-8-9-12-20-16-14(10-11-15(18)19-16)22-13(2)17(20)21/h10-11,13H,3-9,12H2,1-2H3,(H2,18,19). The van der Waals surface area contributed by atoms with Crippen molar-refractivity contribution in [3.63, 3.8) is 0 Å². The number of fused-ring (bicyclic) bond motifs is 1. The molecule has 0 saturated carbocycles. The van der Waals surface area contributed by atoms with Crippen molar-refractivity contribution in [2.24, 2.45) is 0 Å². The largest absolute Gasteiger partial charge is 0.477 e. The third-order valence-corrected chi connectivity index (χ3v) is 4.02. The van der Waals surface area contributed by atoms with Crippen LogP contribution in [-0.4, -0.2) is 23.5 Å². The summed E-state index contributed by atoms with van der Waals surface area (Å²) in [6.45, 7) is 4.69. The topological polar surface area (TPSA) is 68.5 Å². The average Bonchev–Trinajstić information content (AvgIpc) is 2.50. The number of hydrogen-bond donors (Lipinski definition) is 1. The Kier molecular flexibility index (Phi) is 6.04. The third-order valence-electron chi connectivity index (χ3n) is 4.02. The van der Waals surface area contributed by atoms with Gasteiger partial charge in [0.15, 0.2) is 17.7 Å². The van der Waals surface area contributed by atoms with Gasteiger partial charge in [0.2, 0.25) is 0 Å². The smallest absolute Gasteiger partial charge is 0.269 e. The van der Waals surface area contributed by atoms with Crippen LogP contribution in [0.2, 0.25) is 0 Å². The van der Waals surface area contributed by atoms with Gasteiger partial charge in [-0.1, -0.05) is 45.4 Å². The second-order valence-electron chi connectivity index (χ2n) is 5.93. The molecular weight excluding hydrogens is 278 g/mol. The van der Waals surface area contributed by atoms with Crippen LogP contribution in [0.1, 0.15) is 58.8 Å². The summed E-state index contributed by atoms with van der Waals surface area (Å²) in [7, 11) is 0. The molecule has 1 aliphatic heterocycles. The highest BCUT2D eigenvalue weighted by molar-refractivity contribution is 5.98. The second kappa shape index (κ2) is 8.01. The monoisotopic (exact) mass is 305 g/mol. The van der Waals surface area contributed by atoms with Gasteiger partial charge in [0.25, 0.3) is 5.91 Å². The summed E-state index contributed by atoms with van der Waals surface area (Å²) in [6.07, 6.45) is 8.07. The minimum absolute atomic E-state index is 0.0309. The fourth-order valence-corrected chi connectivity index (χ4v) is 2.74. The van der Waals surface area contributed by atoms with Gasteiger partial charge in [-0.3, -0.25) is 9.69 Å². The SMILES string of the molecule is CCCCCCCCCN1C(=O)C(C)Oc2ccc(N)nc21. The lowest BCUT2D eigenvalue weighted by atomic mass is 10.1. The maximum absolute atomic E-state index is 12.3. The summed E-state index contributed by atoms with van der Waals surface area (Å²) in [6, 6.07) is 3.49. The number of pyridine rings is 1. The van der Waals surface area contributed by atoms with Crippen molar-refractivity contribution >= 4 is 17.5 Å². The van der Waals surface area contributed by atoms with Gasteiger partial charge < -0.3 is 10.5 Å². The first-order valence-electron chi connectivity index (χ1n) is 8.38. The van der Waals surface area contributed by atoms with Gasteiger partial charge in [0.1, 0.15) is 5.82 Å². The van der Waals surface area contributed by atoms with E-state index >= 15 is 0 Å². The number of unbranched alkanes of at least 4 members (excludes halogenated alkanes) is 6. The van der Waals surface area contributed by atoms with Crippen LogP contribution in [0.5, 0.6) is 5.75 Å². The van der Waals surface area contributed by atoms with Crippen LogP contribution in [0.4, 0.5) is 11.6 Å². The van der Waals surface area contributed by atoms with E-state index in [1.165, 1.54) is 32.1 Å². The van der Waals surface area contributed by atoms with Crippen LogP contribution in [-0.2, 0) is 4.79 Å². The van der Waals surface area contributed by atoms with E-state index in [2.05, 4.69) is 11.9 Å². The zero-order chi connectivity index (χ0) is 15.9. The van der Waals surface area contributed by atoms with Gasteiger partial charge in [-0.15, -0.1) is 0 Å². The molecule has 1 unspecified atom stereocenters. The molecule has 0 aromatic carbocycles. The minimum Gasteiger partial charge on any atom is -0.477 e. The van der Waals surface area contributed by atoms with Crippen molar-refractivity contribution in [1.82, 2.24) is 4.98 Å². The van der Waals surface area contributed by atoms with E-state index in [-0.39, 0.29) is 5.91 Å². The molecule has 1 atom stereocenters. The number of rotatable bonds is 8. The number of nitrogens with zero attached hydrogens (tertiary/aromatic N) is 2. The Hall–Kier alpha value is -1.78. The lowest BCUT2D eigenvalue weighted by Crippen LogP contribution is -2.45. The van der Waals surface area contributed by atoms with Gasteiger partial charge in [0.05, 0.1) is 0 Å². The summed E-state index contributed by atoms with van der Waals surface area (Å²) in [4.78, 5) is 18.3. The van der Waals surface area contributed by atoms with Gasteiger partial charge in [-0.2, -0.15) is 0 Å². The number of ether oxygens (including phenoxy) is 1. The molecule has 5 heteroatoms. The summed E-state index contributed by atoms with van der Waals surface area (Å²) in [5.74, 6) is 1.59. The molecule has 0 spiro atoms. The Balaban J connectivity index is 1.89. The first-order valence-corrected chi connectivity index (χ1v) is 8.38. The number of aromatic nitrogens is 1. The van der Waals surface area contributed by atoms with E-state index in [0.717, 1.165) is 12.8 Å². The highest BCUT2D eigenvalue weighted by Gasteiger charge is 2.32. The number of anilines is 2. The molecule has 0 bridgehead atoms. The average molecular weight is 305 g/mol. The molecule has 0 saturated heterocycles. The quantitative estimate of drug-likeness (QED) is 0.746. The van der Waals surface area contributed by atoms with E-state index in [9.17, 15) is 4.79 Å². The van der Waals surface area contributed by atoms with Crippen LogP contribution in [0.15, 0.2) is 12.1 Å².